The third-order valence-electron chi connectivity index (χ3n) is 2.82. The van der Waals surface area contributed by atoms with Crippen molar-refractivity contribution in [2.45, 2.75) is 11.8 Å². The minimum atomic E-state index is -3.95. The van der Waals surface area contributed by atoms with Crippen molar-refractivity contribution in [1.82, 2.24) is 4.41 Å². The second kappa shape index (κ2) is 5.84. The minimum Gasteiger partial charge on any atom is -0.399 e. The number of hydrogen-bond acceptors (Lipinski definition) is 5. The number of sulfonamides is 1. The Hall–Kier alpha value is -2.54. The first-order chi connectivity index (χ1) is 9.93. The number of nitrogens with zero attached hydrogens (tertiary/aromatic N) is 1. The third kappa shape index (κ3) is 3.32. The number of nitrogens with two attached hydrogens (primary N) is 1. The Balaban J connectivity index is 2.29. The van der Waals surface area contributed by atoms with E-state index < -0.39 is 10.0 Å². The molecule has 0 aliphatic carbocycles. The van der Waals surface area contributed by atoms with Gasteiger partial charge in [-0.05, 0) is 43.3 Å². The van der Waals surface area contributed by atoms with E-state index in [1.54, 1.807) is 36.4 Å². The number of aryl methyl sites for hydroxylation is 1. The Morgan fingerprint density at radius 2 is 1.62 bits per heavy atom. The van der Waals surface area contributed by atoms with Crippen LogP contribution in [0.1, 0.15) is 5.56 Å². The van der Waals surface area contributed by atoms with E-state index in [0.717, 1.165) is 5.56 Å². The summed E-state index contributed by atoms with van der Waals surface area (Å²) < 4.78 is 25.2. The molecule has 0 radical (unpaired) electrons. The van der Waals surface area contributed by atoms with E-state index in [0.29, 0.717) is 15.8 Å². The van der Waals surface area contributed by atoms with Gasteiger partial charge in [0.2, 0.25) is 6.41 Å². The Morgan fingerprint density at radius 3 is 2.14 bits per heavy atom. The number of nitrogen functional groups attached to an aromatic ring is 1. The molecule has 2 rings (SSSR count). The fraction of sp³-hybridized carbons (Fsp3) is 0.0714. The van der Waals surface area contributed by atoms with Gasteiger partial charge in [-0.15, -0.1) is 4.41 Å². The normalized spacial score (nSPS) is 10.9. The summed E-state index contributed by atoms with van der Waals surface area (Å²) in [6.45, 7) is 1.85. The van der Waals surface area contributed by atoms with Gasteiger partial charge in [0, 0.05) is 5.69 Å². The fourth-order valence-electron chi connectivity index (χ4n) is 1.65. The zero-order valence-electron chi connectivity index (χ0n) is 11.4. The summed E-state index contributed by atoms with van der Waals surface area (Å²) in [5.74, 6) is 0. The van der Waals surface area contributed by atoms with Crippen LogP contribution in [0.4, 0.5) is 11.4 Å². The second-order valence-corrected chi connectivity index (χ2v) is 6.27. The van der Waals surface area contributed by atoms with Crippen LogP contribution in [-0.2, 0) is 14.8 Å². The highest BCUT2D eigenvalue weighted by atomic mass is 32.2. The van der Waals surface area contributed by atoms with Crippen LogP contribution in [0.25, 0.3) is 0 Å². The molecule has 0 atom stereocenters. The van der Waals surface area contributed by atoms with Gasteiger partial charge >= 0.3 is 0 Å². The maximum absolute atomic E-state index is 12.4. The molecule has 0 heterocycles. The topological polar surface area (TPSA) is 92.5 Å². The summed E-state index contributed by atoms with van der Waals surface area (Å²) in [6.07, 6.45) is 0.214. The summed E-state index contributed by atoms with van der Waals surface area (Å²) >= 11 is 0. The molecule has 110 valence electrons. The highest BCUT2D eigenvalue weighted by molar-refractivity contribution is 7.89. The molecule has 0 aliphatic rings. The van der Waals surface area contributed by atoms with E-state index in [-0.39, 0.29) is 11.3 Å². The Morgan fingerprint density at radius 1 is 1.05 bits per heavy atom. The van der Waals surface area contributed by atoms with Gasteiger partial charge in [0.05, 0.1) is 10.6 Å². The molecule has 0 aliphatic heterocycles. The second-order valence-electron chi connectivity index (χ2n) is 4.45. The van der Waals surface area contributed by atoms with Crippen molar-refractivity contribution >= 4 is 27.8 Å². The van der Waals surface area contributed by atoms with E-state index in [1.807, 2.05) is 6.92 Å². The first-order valence-electron chi connectivity index (χ1n) is 6.12. The number of hydrogen-bond donors (Lipinski definition) is 2. The van der Waals surface area contributed by atoms with Crippen molar-refractivity contribution in [1.29, 1.82) is 0 Å². The van der Waals surface area contributed by atoms with Gasteiger partial charge in [-0.3, -0.25) is 10.2 Å². The van der Waals surface area contributed by atoms with Crippen LogP contribution in [-0.4, -0.2) is 19.2 Å². The smallest absolute Gasteiger partial charge is 0.284 e. The predicted octanol–water partition coefficient (Wildman–Crippen LogP) is 1.75. The number of anilines is 2. The summed E-state index contributed by atoms with van der Waals surface area (Å²) in [6, 6.07) is 12.6. The van der Waals surface area contributed by atoms with Crippen LogP contribution in [0.2, 0.25) is 0 Å². The summed E-state index contributed by atoms with van der Waals surface area (Å²) in [4.78, 5) is 11.2. The van der Waals surface area contributed by atoms with Crippen molar-refractivity contribution in [2.24, 2.45) is 0 Å². The van der Waals surface area contributed by atoms with Gasteiger partial charge in [0.25, 0.3) is 10.0 Å². The molecule has 0 bridgehead atoms. The third-order valence-corrected chi connectivity index (χ3v) is 4.39. The lowest BCUT2D eigenvalue weighted by Gasteiger charge is -2.19. The van der Waals surface area contributed by atoms with E-state index in [9.17, 15) is 13.2 Å². The maximum Gasteiger partial charge on any atom is 0.284 e. The van der Waals surface area contributed by atoms with Crippen molar-refractivity contribution in [3.05, 3.63) is 54.1 Å². The molecule has 3 N–H and O–H groups in total. The molecular weight excluding hydrogens is 290 g/mol. The number of carbonyl (C=O) groups is 1. The summed E-state index contributed by atoms with van der Waals surface area (Å²) in [5, 5.41) is 0. The molecule has 0 aromatic heterocycles. The average Bonchev–Trinajstić information content (AvgIpc) is 2.47. The first kappa shape index (κ1) is 14.9. The molecule has 0 fully saturated rings. The van der Waals surface area contributed by atoms with Gasteiger partial charge < -0.3 is 5.73 Å². The zero-order valence-corrected chi connectivity index (χ0v) is 12.2. The Kier molecular flexibility index (Phi) is 4.13. The van der Waals surface area contributed by atoms with Crippen LogP contribution in [0, 0.1) is 6.92 Å². The highest BCUT2D eigenvalue weighted by Crippen LogP contribution is 2.18. The molecule has 1 amide bonds. The SMILES string of the molecule is Cc1ccc(S(=O)(=O)N(C=O)Nc2ccc(N)cc2)cc1. The molecule has 0 saturated heterocycles. The number of amides is 1. The molecule has 7 heteroatoms. The van der Waals surface area contributed by atoms with Gasteiger partial charge in [-0.2, -0.15) is 8.42 Å². The van der Waals surface area contributed by atoms with Gasteiger partial charge in [-0.1, -0.05) is 17.7 Å². The lowest BCUT2D eigenvalue weighted by Crippen LogP contribution is -2.35. The summed E-state index contributed by atoms with van der Waals surface area (Å²) in [7, 11) is -3.95. The van der Waals surface area contributed by atoms with Gasteiger partial charge in [0.1, 0.15) is 0 Å². The monoisotopic (exact) mass is 305 g/mol. The molecule has 0 unspecified atom stereocenters. The number of rotatable bonds is 5. The van der Waals surface area contributed by atoms with Crippen LogP contribution < -0.4 is 11.2 Å². The average molecular weight is 305 g/mol. The lowest BCUT2D eigenvalue weighted by atomic mass is 10.2. The fourth-order valence-corrected chi connectivity index (χ4v) is 2.70. The quantitative estimate of drug-likeness (QED) is 0.499. The van der Waals surface area contributed by atoms with Crippen molar-refractivity contribution in [2.75, 3.05) is 11.2 Å². The van der Waals surface area contributed by atoms with E-state index >= 15 is 0 Å². The number of carbonyl (C=O) groups excluding carboxylic acids is 1. The van der Waals surface area contributed by atoms with Crippen LogP contribution >= 0.6 is 0 Å². The zero-order chi connectivity index (χ0) is 15.5. The Bertz CT molecular complexity index is 725. The summed E-state index contributed by atoms with van der Waals surface area (Å²) in [5.41, 5.74) is 9.99. The molecule has 2 aromatic carbocycles. The van der Waals surface area contributed by atoms with Gasteiger partial charge in [0.15, 0.2) is 0 Å². The van der Waals surface area contributed by atoms with E-state index in [1.165, 1.54) is 12.1 Å². The molecule has 0 spiro atoms. The Labute approximate surface area is 123 Å². The molecule has 0 saturated carbocycles. The molecule has 2 aromatic rings. The minimum absolute atomic E-state index is 0.0307. The molecule has 21 heavy (non-hydrogen) atoms. The number of nitrogens with one attached hydrogen (secondary N) is 1. The van der Waals surface area contributed by atoms with Crippen LogP contribution in [0.15, 0.2) is 53.4 Å². The highest BCUT2D eigenvalue weighted by Gasteiger charge is 2.23. The standard InChI is InChI=1S/C14H15N3O3S/c1-11-2-8-14(9-3-11)21(19,20)17(10-18)16-13-6-4-12(15)5-7-13/h2-10,16H,15H2,1H3. The van der Waals surface area contributed by atoms with E-state index in [2.05, 4.69) is 5.43 Å². The number of hydrazine groups is 1. The van der Waals surface area contributed by atoms with Crippen molar-refractivity contribution < 1.29 is 13.2 Å². The molecular formula is C14H15N3O3S. The van der Waals surface area contributed by atoms with Crippen LogP contribution in [0.5, 0.6) is 0 Å². The van der Waals surface area contributed by atoms with Gasteiger partial charge in [-0.25, -0.2) is 0 Å². The van der Waals surface area contributed by atoms with E-state index in [4.69, 9.17) is 5.73 Å². The van der Waals surface area contributed by atoms with Crippen molar-refractivity contribution in [3.8, 4) is 0 Å². The first-order valence-corrected chi connectivity index (χ1v) is 7.56. The number of benzene rings is 2. The molecule has 6 nitrogen and oxygen atoms in total. The maximum atomic E-state index is 12.4. The van der Waals surface area contributed by atoms with Crippen LogP contribution in [0.3, 0.4) is 0 Å². The lowest BCUT2D eigenvalue weighted by molar-refractivity contribution is -0.113. The largest absolute Gasteiger partial charge is 0.399 e. The predicted molar refractivity (Wildman–Crippen MR) is 80.7 cm³/mol. The van der Waals surface area contributed by atoms with Crippen molar-refractivity contribution in [3.63, 3.8) is 0 Å².